The first-order valence-electron chi connectivity index (χ1n) is 9.16. The fourth-order valence-electron chi connectivity index (χ4n) is 4.14. The highest BCUT2D eigenvalue weighted by Crippen LogP contribution is 2.47. The molecule has 0 unspecified atom stereocenters. The second-order valence-electron chi connectivity index (χ2n) is 7.35. The van der Waals surface area contributed by atoms with Crippen molar-refractivity contribution in [2.75, 3.05) is 0 Å². The third-order valence-corrected chi connectivity index (χ3v) is 5.64. The molecular formula is C22H21NO4. The minimum atomic E-state index is -0.572. The van der Waals surface area contributed by atoms with E-state index in [1.165, 1.54) is 6.92 Å². The lowest BCUT2D eigenvalue weighted by molar-refractivity contribution is -0.140. The van der Waals surface area contributed by atoms with Gasteiger partial charge >= 0.3 is 5.97 Å². The Morgan fingerprint density at radius 1 is 1.19 bits per heavy atom. The highest BCUT2D eigenvalue weighted by atomic mass is 16.5. The number of nitrogens with zero attached hydrogens (tertiary/aromatic N) is 1. The molecule has 0 saturated carbocycles. The predicted octanol–water partition coefficient (Wildman–Crippen LogP) is 3.73. The summed E-state index contributed by atoms with van der Waals surface area (Å²) in [5.74, 6) is -0.406. The van der Waals surface area contributed by atoms with Crippen LogP contribution in [-0.2, 0) is 22.6 Å². The zero-order chi connectivity index (χ0) is 19.0. The molecule has 0 N–H and O–H groups in total. The summed E-state index contributed by atoms with van der Waals surface area (Å²) in [6, 6.07) is 11.3. The van der Waals surface area contributed by atoms with E-state index in [0.717, 1.165) is 11.3 Å². The second kappa shape index (κ2) is 6.65. The minimum Gasteiger partial charge on any atom is -0.457 e. The number of fused-ring (bicyclic) bond motifs is 1. The minimum absolute atomic E-state index is 0.0332. The Morgan fingerprint density at radius 3 is 2.70 bits per heavy atom. The van der Waals surface area contributed by atoms with Crippen LogP contribution in [0.4, 0.5) is 0 Å². The smallest absolute Gasteiger partial charge is 0.334 e. The lowest BCUT2D eigenvalue weighted by atomic mass is 9.70. The average molecular weight is 363 g/mol. The van der Waals surface area contributed by atoms with E-state index in [4.69, 9.17) is 4.74 Å². The number of carbonyl (C=O) groups is 3. The van der Waals surface area contributed by atoms with Gasteiger partial charge in [-0.05, 0) is 37.3 Å². The van der Waals surface area contributed by atoms with Gasteiger partial charge in [-0.15, -0.1) is 0 Å². The third-order valence-electron chi connectivity index (χ3n) is 5.64. The summed E-state index contributed by atoms with van der Waals surface area (Å²) in [5.41, 5.74) is 2.34. The average Bonchev–Trinajstić information content (AvgIpc) is 3.30. The summed E-state index contributed by atoms with van der Waals surface area (Å²) in [7, 11) is 0. The number of aromatic nitrogens is 1. The van der Waals surface area contributed by atoms with Crippen LogP contribution in [0.3, 0.4) is 0 Å². The second-order valence-corrected chi connectivity index (χ2v) is 7.35. The summed E-state index contributed by atoms with van der Waals surface area (Å²) >= 11 is 0. The van der Waals surface area contributed by atoms with Crippen molar-refractivity contribution in [1.82, 2.24) is 4.57 Å². The van der Waals surface area contributed by atoms with Crippen molar-refractivity contribution in [2.45, 2.75) is 39.2 Å². The normalized spacial score (nSPS) is 21.1. The van der Waals surface area contributed by atoms with Gasteiger partial charge < -0.3 is 4.74 Å². The number of benzene rings is 1. The number of carbonyl (C=O) groups excluding carboxylic acids is 3. The molecule has 1 aromatic carbocycles. The zero-order valence-electron chi connectivity index (χ0n) is 15.2. The molecule has 0 radical (unpaired) electrons. The molecule has 0 aliphatic heterocycles. The van der Waals surface area contributed by atoms with Crippen molar-refractivity contribution < 1.29 is 19.1 Å². The zero-order valence-corrected chi connectivity index (χ0v) is 15.2. The highest BCUT2D eigenvalue weighted by Gasteiger charge is 2.47. The van der Waals surface area contributed by atoms with Gasteiger partial charge in [0.2, 0.25) is 5.91 Å². The Morgan fingerprint density at radius 2 is 1.96 bits per heavy atom. The van der Waals surface area contributed by atoms with E-state index in [1.807, 2.05) is 36.4 Å². The van der Waals surface area contributed by atoms with E-state index in [0.29, 0.717) is 36.8 Å². The first kappa shape index (κ1) is 17.5. The van der Waals surface area contributed by atoms with Crippen LogP contribution in [0.2, 0.25) is 0 Å². The molecule has 2 aliphatic carbocycles. The molecule has 5 heteroatoms. The van der Waals surface area contributed by atoms with Crippen LogP contribution in [0.25, 0.3) is 0 Å². The van der Waals surface area contributed by atoms with Gasteiger partial charge in [0.1, 0.15) is 6.61 Å². The molecule has 0 bridgehead atoms. The molecule has 1 spiro atoms. The number of ether oxygens (including phenoxy) is 1. The quantitative estimate of drug-likeness (QED) is 0.780. The fraction of sp³-hybridized carbons (Fsp3) is 0.318. The molecule has 138 valence electrons. The van der Waals surface area contributed by atoms with Gasteiger partial charge in [-0.1, -0.05) is 36.4 Å². The molecule has 27 heavy (non-hydrogen) atoms. The van der Waals surface area contributed by atoms with Crippen LogP contribution in [0.1, 0.15) is 52.6 Å². The van der Waals surface area contributed by atoms with Gasteiger partial charge in [0.15, 0.2) is 5.78 Å². The summed E-state index contributed by atoms with van der Waals surface area (Å²) in [6.07, 6.45) is 5.77. The van der Waals surface area contributed by atoms with Crippen molar-refractivity contribution in [3.8, 4) is 0 Å². The van der Waals surface area contributed by atoms with Crippen molar-refractivity contribution in [3.05, 3.63) is 71.1 Å². The maximum atomic E-state index is 13.1. The fourth-order valence-corrected chi connectivity index (χ4v) is 4.14. The first-order chi connectivity index (χ1) is 13.0. The first-order valence-corrected chi connectivity index (χ1v) is 9.16. The van der Waals surface area contributed by atoms with Crippen molar-refractivity contribution in [1.29, 1.82) is 0 Å². The standard InChI is InChI=1S/C22H21NO4/c1-15(24)23-12-9-18-19(23)8-11-22(20(18)25)10-7-17(13-22)21(26)27-14-16-5-3-2-4-6-16/h2-7,9,12H,8,10-11,13-14H2,1H3/t22-/m0/s1. The van der Waals surface area contributed by atoms with Crippen LogP contribution in [0.15, 0.2) is 54.2 Å². The van der Waals surface area contributed by atoms with Crippen LogP contribution in [0, 0.1) is 5.41 Å². The molecule has 1 heterocycles. The van der Waals surface area contributed by atoms with Gasteiger partial charge in [0.25, 0.3) is 0 Å². The molecule has 0 fully saturated rings. The van der Waals surface area contributed by atoms with Crippen molar-refractivity contribution in [2.24, 2.45) is 5.41 Å². The van der Waals surface area contributed by atoms with E-state index in [9.17, 15) is 14.4 Å². The molecule has 2 aromatic rings. The molecule has 2 aliphatic rings. The van der Waals surface area contributed by atoms with Gasteiger partial charge in [-0.25, -0.2) is 4.79 Å². The highest BCUT2D eigenvalue weighted by molar-refractivity contribution is 6.05. The summed E-state index contributed by atoms with van der Waals surface area (Å²) in [5, 5.41) is 0. The topological polar surface area (TPSA) is 65.4 Å². The number of allylic oxidation sites excluding steroid dienone is 1. The van der Waals surface area contributed by atoms with Crippen molar-refractivity contribution in [3.63, 3.8) is 0 Å². The number of hydrogen-bond acceptors (Lipinski definition) is 4. The van der Waals surface area contributed by atoms with Crippen LogP contribution in [0.5, 0.6) is 0 Å². The Balaban J connectivity index is 1.45. The predicted molar refractivity (Wildman–Crippen MR) is 99.4 cm³/mol. The summed E-state index contributed by atoms with van der Waals surface area (Å²) in [4.78, 5) is 37.3. The van der Waals surface area contributed by atoms with E-state index in [1.54, 1.807) is 16.8 Å². The summed E-state index contributed by atoms with van der Waals surface area (Å²) < 4.78 is 6.97. The van der Waals surface area contributed by atoms with E-state index < -0.39 is 5.41 Å². The molecule has 4 rings (SSSR count). The van der Waals surface area contributed by atoms with Gasteiger partial charge in [0, 0.05) is 35.4 Å². The van der Waals surface area contributed by atoms with Gasteiger partial charge in [0.05, 0.1) is 0 Å². The van der Waals surface area contributed by atoms with E-state index >= 15 is 0 Å². The Hall–Kier alpha value is -2.95. The van der Waals surface area contributed by atoms with Crippen LogP contribution in [-0.4, -0.2) is 22.2 Å². The largest absolute Gasteiger partial charge is 0.457 e. The van der Waals surface area contributed by atoms with E-state index in [-0.39, 0.29) is 24.3 Å². The number of Topliss-reactive ketones (excluding diaryl/α,β-unsaturated/α-hetero) is 1. The number of ketones is 1. The Labute approximate surface area is 157 Å². The lowest BCUT2D eigenvalue weighted by Crippen LogP contribution is -2.35. The summed E-state index contributed by atoms with van der Waals surface area (Å²) in [6.45, 7) is 1.72. The molecule has 0 amide bonds. The molecule has 1 aromatic heterocycles. The third kappa shape index (κ3) is 3.03. The lowest BCUT2D eigenvalue weighted by Gasteiger charge is -2.32. The molecule has 5 nitrogen and oxygen atoms in total. The molecule has 0 saturated heterocycles. The van der Waals surface area contributed by atoms with Crippen LogP contribution < -0.4 is 0 Å². The monoisotopic (exact) mass is 363 g/mol. The molecule has 1 atom stereocenters. The number of esters is 1. The maximum Gasteiger partial charge on any atom is 0.334 e. The van der Waals surface area contributed by atoms with E-state index in [2.05, 4.69) is 0 Å². The molecular weight excluding hydrogens is 342 g/mol. The van der Waals surface area contributed by atoms with Crippen molar-refractivity contribution >= 4 is 17.7 Å². The number of rotatable bonds is 3. The van der Waals surface area contributed by atoms with Crippen LogP contribution >= 0.6 is 0 Å². The van der Waals surface area contributed by atoms with Gasteiger partial charge in [-0.3, -0.25) is 14.2 Å². The Bertz CT molecular complexity index is 954. The maximum absolute atomic E-state index is 13.1. The van der Waals surface area contributed by atoms with Gasteiger partial charge in [-0.2, -0.15) is 0 Å². The Kier molecular flexibility index (Phi) is 4.30. The SMILES string of the molecule is CC(=O)n1ccc2c1CC[C@]1(CC=C(C(=O)OCc3ccccc3)C1)C2=O. The number of hydrogen-bond donors (Lipinski definition) is 0.